The van der Waals surface area contributed by atoms with Crippen LogP contribution in [0.25, 0.3) is 15.9 Å². The van der Waals surface area contributed by atoms with Crippen molar-refractivity contribution in [2.45, 2.75) is 57.0 Å². The second-order valence-corrected chi connectivity index (χ2v) is 11.4. The zero-order valence-corrected chi connectivity index (χ0v) is 20.8. The van der Waals surface area contributed by atoms with Crippen LogP contribution >= 0.6 is 23.1 Å². The average molecular weight is 492 g/mol. The van der Waals surface area contributed by atoms with E-state index in [4.69, 9.17) is 4.98 Å². The molecule has 0 aliphatic heterocycles. The molecule has 4 aromatic rings. The number of thioether (sulfide) groups is 1. The molecule has 174 valence electrons. The van der Waals surface area contributed by atoms with Crippen molar-refractivity contribution in [1.29, 1.82) is 0 Å². The van der Waals surface area contributed by atoms with Gasteiger partial charge in [0.25, 0.3) is 0 Å². The Bertz CT molecular complexity index is 1450. The average Bonchev–Trinajstić information content (AvgIpc) is 3.47. The molecule has 1 N–H and O–H groups in total. The molecule has 7 nitrogen and oxygen atoms in total. The normalized spacial score (nSPS) is 17.8. The predicted molar refractivity (Wildman–Crippen MR) is 135 cm³/mol. The topological polar surface area (TPSA) is 89.2 Å². The fraction of sp³-hybridized carbons (Fsp3) is 0.400. The SMILES string of the molecule is CC(=O)c1cccc(NC(=O)CSc2nnc3c4c5c(sc4nc(C4CC4)n23)C[C@H](C)CC5)c1. The first-order valence-corrected chi connectivity index (χ1v) is 13.5. The van der Waals surface area contributed by atoms with Gasteiger partial charge in [-0.3, -0.25) is 14.0 Å². The van der Waals surface area contributed by atoms with Crippen molar-refractivity contribution < 1.29 is 9.59 Å². The molecule has 0 radical (unpaired) electrons. The van der Waals surface area contributed by atoms with E-state index in [0.717, 1.165) is 47.4 Å². The van der Waals surface area contributed by atoms with E-state index in [2.05, 4.69) is 26.8 Å². The summed E-state index contributed by atoms with van der Waals surface area (Å²) in [6, 6.07) is 7.00. The summed E-state index contributed by atoms with van der Waals surface area (Å²) in [4.78, 5) is 31.9. The fourth-order valence-corrected chi connectivity index (χ4v) is 6.81. The lowest BCUT2D eigenvalue weighted by molar-refractivity contribution is -0.113. The molecule has 0 unspecified atom stereocenters. The molecule has 6 rings (SSSR count). The predicted octanol–water partition coefficient (Wildman–Crippen LogP) is 5.27. The number of ketones is 1. The Kier molecular flexibility index (Phi) is 5.41. The number of Topliss-reactive ketones (excluding diaryl/α,β-unsaturated/α-hetero) is 1. The van der Waals surface area contributed by atoms with E-state index in [1.54, 1.807) is 24.3 Å². The molecule has 0 bridgehead atoms. The lowest BCUT2D eigenvalue weighted by Crippen LogP contribution is -2.15. The summed E-state index contributed by atoms with van der Waals surface area (Å²) >= 11 is 3.20. The van der Waals surface area contributed by atoms with Crippen molar-refractivity contribution in [2.75, 3.05) is 11.1 Å². The highest BCUT2D eigenvalue weighted by molar-refractivity contribution is 7.99. The monoisotopic (exact) mass is 491 g/mol. The Morgan fingerprint density at radius 1 is 1.24 bits per heavy atom. The Morgan fingerprint density at radius 3 is 2.88 bits per heavy atom. The lowest BCUT2D eigenvalue weighted by Gasteiger charge is -2.17. The van der Waals surface area contributed by atoms with Gasteiger partial charge >= 0.3 is 0 Å². The van der Waals surface area contributed by atoms with Crippen LogP contribution in [0, 0.1) is 5.92 Å². The zero-order valence-electron chi connectivity index (χ0n) is 19.1. The van der Waals surface area contributed by atoms with Gasteiger partial charge in [0.2, 0.25) is 5.91 Å². The van der Waals surface area contributed by atoms with Crippen LogP contribution in [0.1, 0.15) is 65.7 Å². The summed E-state index contributed by atoms with van der Waals surface area (Å²) in [6.07, 6.45) is 5.63. The molecule has 1 aromatic carbocycles. The number of hydrogen-bond donors (Lipinski definition) is 1. The van der Waals surface area contributed by atoms with E-state index >= 15 is 0 Å². The Balaban J connectivity index is 1.30. The van der Waals surface area contributed by atoms with Crippen LogP contribution in [0.3, 0.4) is 0 Å². The quantitative estimate of drug-likeness (QED) is 0.292. The third kappa shape index (κ3) is 3.90. The van der Waals surface area contributed by atoms with Crippen LogP contribution in [-0.2, 0) is 17.6 Å². The highest BCUT2D eigenvalue weighted by Gasteiger charge is 2.32. The van der Waals surface area contributed by atoms with Crippen molar-refractivity contribution in [3.63, 3.8) is 0 Å². The molecule has 1 saturated carbocycles. The Morgan fingerprint density at radius 2 is 2.09 bits per heavy atom. The number of hydrogen-bond acceptors (Lipinski definition) is 7. The van der Waals surface area contributed by atoms with Crippen LogP contribution in [-0.4, -0.2) is 37.0 Å². The van der Waals surface area contributed by atoms with Gasteiger partial charge in [-0.25, -0.2) is 4.98 Å². The maximum Gasteiger partial charge on any atom is 0.234 e. The van der Waals surface area contributed by atoms with Gasteiger partial charge in [0.05, 0.1) is 11.1 Å². The number of carbonyl (C=O) groups is 2. The third-order valence-electron chi connectivity index (χ3n) is 6.62. The van der Waals surface area contributed by atoms with Gasteiger partial charge in [0.1, 0.15) is 10.7 Å². The Hall–Kier alpha value is -2.78. The minimum absolute atomic E-state index is 0.0306. The van der Waals surface area contributed by atoms with Gasteiger partial charge < -0.3 is 5.32 Å². The number of fused-ring (bicyclic) bond motifs is 5. The highest BCUT2D eigenvalue weighted by Crippen LogP contribution is 2.44. The van der Waals surface area contributed by atoms with Crippen LogP contribution in [0.5, 0.6) is 0 Å². The number of benzene rings is 1. The molecule has 3 heterocycles. The largest absolute Gasteiger partial charge is 0.325 e. The Labute approximate surface area is 205 Å². The molecule has 1 fully saturated rings. The first kappa shape index (κ1) is 21.7. The maximum absolute atomic E-state index is 12.7. The maximum atomic E-state index is 12.7. The minimum Gasteiger partial charge on any atom is -0.325 e. The van der Waals surface area contributed by atoms with E-state index in [1.165, 1.54) is 35.5 Å². The second kappa shape index (κ2) is 8.46. The number of rotatable bonds is 6. The molecular formula is C25H25N5O2S2. The van der Waals surface area contributed by atoms with Crippen LogP contribution in [0.15, 0.2) is 29.4 Å². The van der Waals surface area contributed by atoms with E-state index in [-0.39, 0.29) is 17.4 Å². The van der Waals surface area contributed by atoms with Crippen molar-refractivity contribution in [3.05, 3.63) is 46.1 Å². The number of thiophene rings is 1. The second-order valence-electron chi connectivity index (χ2n) is 9.39. The highest BCUT2D eigenvalue weighted by atomic mass is 32.2. The number of nitrogens with one attached hydrogen (secondary N) is 1. The van der Waals surface area contributed by atoms with Crippen LogP contribution < -0.4 is 5.32 Å². The number of aromatic nitrogens is 4. The van der Waals surface area contributed by atoms with Crippen molar-refractivity contribution in [3.8, 4) is 0 Å². The molecule has 1 atom stereocenters. The first-order chi connectivity index (χ1) is 16.5. The van der Waals surface area contributed by atoms with E-state index < -0.39 is 0 Å². The van der Waals surface area contributed by atoms with Crippen molar-refractivity contribution in [1.82, 2.24) is 19.6 Å². The summed E-state index contributed by atoms with van der Waals surface area (Å²) < 4.78 is 2.10. The molecule has 0 saturated heterocycles. The van der Waals surface area contributed by atoms with Gasteiger partial charge in [-0.15, -0.1) is 21.5 Å². The molecule has 2 aliphatic carbocycles. The molecule has 0 spiro atoms. The molecule has 3 aromatic heterocycles. The number of aryl methyl sites for hydroxylation is 1. The van der Waals surface area contributed by atoms with Crippen molar-refractivity contribution in [2.24, 2.45) is 5.92 Å². The van der Waals surface area contributed by atoms with Crippen LogP contribution in [0.2, 0.25) is 0 Å². The van der Waals surface area contributed by atoms with Crippen LogP contribution in [0.4, 0.5) is 5.69 Å². The van der Waals surface area contributed by atoms with E-state index in [1.807, 2.05) is 11.3 Å². The number of anilines is 1. The molecule has 9 heteroatoms. The minimum atomic E-state index is -0.147. The third-order valence-corrected chi connectivity index (χ3v) is 8.70. The molecule has 1 amide bonds. The number of nitrogens with zero attached hydrogens (tertiary/aromatic N) is 4. The van der Waals surface area contributed by atoms with E-state index in [9.17, 15) is 9.59 Å². The lowest BCUT2D eigenvalue weighted by atomic mass is 9.89. The summed E-state index contributed by atoms with van der Waals surface area (Å²) in [5, 5.41) is 13.8. The number of carbonyl (C=O) groups excluding carboxylic acids is 2. The zero-order chi connectivity index (χ0) is 23.4. The van der Waals surface area contributed by atoms with Gasteiger partial charge in [-0.2, -0.15) is 0 Å². The first-order valence-electron chi connectivity index (χ1n) is 11.7. The molecular weight excluding hydrogens is 466 g/mol. The van der Waals surface area contributed by atoms with Gasteiger partial charge in [0, 0.05) is 22.0 Å². The van der Waals surface area contributed by atoms with Gasteiger partial charge in [-0.1, -0.05) is 30.8 Å². The fourth-order valence-electron chi connectivity index (χ4n) is 4.69. The smallest absolute Gasteiger partial charge is 0.234 e. The summed E-state index contributed by atoms with van der Waals surface area (Å²) in [7, 11) is 0. The summed E-state index contributed by atoms with van der Waals surface area (Å²) in [6.45, 7) is 3.83. The molecule has 2 aliphatic rings. The van der Waals surface area contributed by atoms with Gasteiger partial charge in [0.15, 0.2) is 16.6 Å². The van der Waals surface area contributed by atoms with Crippen molar-refractivity contribution >= 4 is 56.3 Å². The standard InChI is InChI=1S/C25H25N5O2S2/c1-13-6-9-18-19(10-13)34-24-21(18)23-28-29-25(30(23)22(27-24)15-7-8-15)33-12-20(32)26-17-5-3-4-16(11-17)14(2)31/h3-5,11,13,15H,6-10,12H2,1-2H3,(H,26,32)/t13-/m1/s1. The summed E-state index contributed by atoms with van der Waals surface area (Å²) in [5.41, 5.74) is 3.47. The summed E-state index contributed by atoms with van der Waals surface area (Å²) in [5.74, 6) is 2.19. The number of amides is 1. The molecule has 34 heavy (non-hydrogen) atoms. The van der Waals surface area contributed by atoms with Gasteiger partial charge in [-0.05, 0) is 62.6 Å². The van der Waals surface area contributed by atoms with E-state index in [0.29, 0.717) is 28.2 Å².